The molecule has 7 heteroatoms. The minimum atomic E-state index is -0.348. The maximum atomic E-state index is 11.0. The third-order valence-corrected chi connectivity index (χ3v) is 6.01. The molecule has 0 aliphatic rings. The first-order chi connectivity index (χ1) is 13.9. The van der Waals surface area contributed by atoms with Crippen LogP contribution < -0.4 is 0 Å². The number of hydrogen-bond donors (Lipinski definition) is 1. The van der Waals surface area contributed by atoms with E-state index in [2.05, 4.69) is 9.97 Å². The standard InChI is InChI=1S/C22H14Cl4N2O/c23-13-4-5-15(28-11-13)10-17(18-8-14(24)9-19(25)20(18)26)16-6-3-12-2-1-7-27-21(12)22(16)29/h1-9,11,17,29H,10H2. The van der Waals surface area contributed by atoms with Crippen molar-refractivity contribution >= 4 is 57.3 Å². The third-order valence-electron chi connectivity index (χ3n) is 4.75. The molecule has 0 fully saturated rings. The van der Waals surface area contributed by atoms with Crippen molar-refractivity contribution in [3.8, 4) is 5.75 Å². The second-order valence-electron chi connectivity index (χ2n) is 6.59. The number of aromatic hydroxyl groups is 1. The number of aromatic nitrogens is 2. The van der Waals surface area contributed by atoms with Crippen LogP contribution in [0.15, 0.2) is 60.9 Å². The number of pyridine rings is 2. The summed E-state index contributed by atoms with van der Waals surface area (Å²) in [7, 11) is 0. The molecule has 2 aromatic carbocycles. The van der Waals surface area contributed by atoms with Crippen LogP contribution in [0.1, 0.15) is 22.7 Å². The first-order valence-corrected chi connectivity index (χ1v) is 10.3. The van der Waals surface area contributed by atoms with E-state index in [9.17, 15) is 5.11 Å². The molecule has 0 saturated heterocycles. The third kappa shape index (κ3) is 4.15. The molecule has 146 valence electrons. The van der Waals surface area contributed by atoms with Crippen molar-refractivity contribution in [2.45, 2.75) is 12.3 Å². The predicted molar refractivity (Wildman–Crippen MR) is 120 cm³/mol. The lowest BCUT2D eigenvalue weighted by Crippen LogP contribution is -2.08. The Morgan fingerprint density at radius 2 is 1.69 bits per heavy atom. The van der Waals surface area contributed by atoms with E-state index in [1.54, 1.807) is 30.6 Å². The molecule has 4 rings (SSSR count). The van der Waals surface area contributed by atoms with E-state index in [1.807, 2.05) is 30.3 Å². The van der Waals surface area contributed by atoms with Crippen molar-refractivity contribution in [1.82, 2.24) is 9.97 Å². The average molecular weight is 464 g/mol. The van der Waals surface area contributed by atoms with E-state index in [4.69, 9.17) is 46.4 Å². The Labute approximate surface area is 187 Å². The van der Waals surface area contributed by atoms with Crippen LogP contribution in [-0.4, -0.2) is 15.1 Å². The molecule has 0 spiro atoms. The van der Waals surface area contributed by atoms with Gasteiger partial charge in [-0.1, -0.05) is 64.6 Å². The maximum Gasteiger partial charge on any atom is 0.145 e. The van der Waals surface area contributed by atoms with Gasteiger partial charge in [0.25, 0.3) is 0 Å². The Kier molecular flexibility index (Phi) is 5.84. The molecule has 0 bridgehead atoms. The van der Waals surface area contributed by atoms with Gasteiger partial charge in [-0.05, 0) is 35.9 Å². The summed E-state index contributed by atoms with van der Waals surface area (Å²) < 4.78 is 0. The highest BCUT2D eigenvalue weighted by Crippen LogP contribution is 2.42. The minimum absolute atomic E-state index is 0.0919. The summed E-state index contributed by atoms with van der Waals surface area (Å²) in [5.41, 5.74) is 2.66. The summed E-state index contributed by atoms with van der Waals surface area (Å²) in [5.74, 6) is -0.256. The van der Waals surface area contributed by atoms with Gasteiger partial charge in [0.2, 0.25) is 0 Å². The van der Waals surface area contributed by atoms with E-state index < -0.39 is 0 Å². The van der Waals surface area contributed by atoms with Gasteiger partial charge in [-0.3, -0.25) is 9.97 Å². The van der Waals surface area contributed by atoms with E-state index in [-0.39, 0.29) is 11.7 Å². The number of phenols is 1. The van der Waals surface area contributed by atoms with Crippen molar-refractivity contribution in [3.05, 3.63) is 97.8 Å². The number of hydrogen-bond acceptors (Lipinski definition) is 3. The molecule has 29 heavy (non-hydrogen) atoms. The Morgan fingerprint density at radius 3 is 2.45 bits per heavy atom. The quantitative estimate of drug-likeness (QED) is 0.322. The summed E-state index contributed by atoms with van der Waals surface area (Å²) >= 11 is 25.1. The lowest BCUT2D eigenvalue weighted by Gasteiger charge is -2.21. The molecule has 2 heterocycles. The van der Waals surface area contributed by atoms with Crippen LogP contribution in [0.4, 0.5) is 0 Å². The molecular weight excluding hydrogens is 450 g/mol. The molecule has 1 unspecified atom stereocenters. The fraction of sp³-hybridized carbons (Fsp3) is 0.0909. The van der Waals surface area contributed by atoms with Gasteiger partial charge >= 0.3 is 0 Å². The van der Waals surface area contributed by atoms with Crippen LogP contribution in [0.2, 0.25) is 20.1 Å². The Bertz CT molecular complexity index is 1200. The van der Waals surface area contributed by atoms with Gasteiger partial charge < -0.3 is 5.11 Å². The summed E-state index contributed by atoms with van der Waals surface area (Å²) in [5, 5.41) is 13.6. The van der Waals surface area contributed by atoms with Crippen LogP contribution in [0.5, 0.6) is 5.75 Å². The van der Waals surface area contributed by atoms with Crippen molar-refractivity contribution < 1.29 is 5.11 Å². The normalized spacial score (nSPS) is 12.3. The molecule has 1 atom stereocenters. The van der Waals surface area contributed by atoms with Gasteiger partial charge in [-0.2, -0.15) is 0 Å². The Morgan fingerprint density at radius 1 is 0.862 bits per heavy atom. The fourth-order valence-corrected chi connectivity index (χ4v) is 4.24. The summed E-state index contributed by atoms with van der Waals surface area (Å²) in [6, 6.07) is 14.5. The van der Waals surface area contributed by atoms with Crippen LogP contribution in [0.25, 0.3) is 10.9 Å². The molecule has 0 amide bonds. The first-order valence-electron chi connectivity index (χ1n) is 8.75. The van der Waals surface area contributed by atoms with E-state index >= 15 is 0 Å². The number of phenolic OH excluding ortho intramolecular Hbond substituents is 1. The Hall–Kier alpha value is -2.04. The van der Waals surface area contributed by atoms with Crippen LogP contribution >= 0.6 is 46.4 Å². The number of rotatable bonds is 4. The Balaban J connectivity index is 1.91. The number of fused-ring (bicyclic) bond motifs is 1. The molecule has 0 saturated carbocycles. The lowest BCUT2D eigenvalue weighted by atomic mass is 9.86. The van der Waals surface area contributed by atoms with Gasteiger partial charge in [0.15, 0.2) is 0 Å². The van der Waals surface area contributed by atoms with Crippen LogP contribution in [0.3, 0.4) is 0 Å². The topological polar surface area (TPSA) is 46.0 Å². The van der Waals surface area contributed by atoms with Gasteiger partial charge in [0.05, 0.1) is 15.1 Å². The zero-order chi connectivity index (χ0) is 20.5. The van der Waals surface area contributed by atoms with Crippen molar-refractivity contribution in [2.24, 2.45) is 0 Å². The van der Waals surface area contributed by atoms with E-state index in [0.717, 1.165) is 11.1 Å². The fourth-order valence-electron chi connectivity index (χ4n) is 3.38. The zero-order valence-electron chi connectivity index (χ0n) is 14.9. The number of nitrogens with zero attached hydrogens (tertiary/aromatic N) is 2. The monoisotopic (exact) mass is 462 g/mol. The second kappa shape index (κ2) is 8.37. The second-order valence-corrected chi connectivity index (χ2v) is 8.25. The highest BCUT2D eigenvalue weighted by Gasteiger charge is 2.24. The van der Waals surface area contributed by atoms with Crippen molar-refractivity contribution in [3.63, 3.8) is 0 Å². The number of benzene rings is 2. The molecule has 4 aromatic rings. The van der Waals surface area contributed by atoms with Crippen LogP contribution in [-0.2, 0) is 6.42 Å². The molecule has 3 nitrogen and oxygen atoms in total. The minimum Gasteiger partial charge on any atom is -0.505 e. The molecule has 0 aliphatic carbocycles. The van der Waals surface area contributed by atoms with Crippen molar-refractivity contribution in [2.75, 3.05) is 0 Å². The van der Waals surface area contributed by atoms with Gasteiger partial charge in [-0.15, -0.1) is 0 Å². The molecule has 1 N–H and O–H groups in total. The SMILES string of the molecule is Oc1c(C(Cc2ccc(Cl)cn2)c2cc(Cl)cc(Cl)c2Cl)ccc2cccnc12. The van der Waals surface area contributed by atoms with Crippen molar-refractivity contribution in [1.29, 1.82) is 0 Å². The molecule has 0 aliphatic heterocycles. The average Bonchev–Trinajstić information content (AvgIpc) is 2.71. The van der Waals surface area contributed by atoms with Gasteiger partial charge in [-0.25, -0.2) is 0 Å². The van der Waals surface area contributed by atoms with Gasteiger partial charge in [0.1, 0.15) is 11.3 Å². The summed E-state index contributed by atoms with van der Waals surface area (Å²) in [6.45, 7) is 0. The summed E-state index contributed by atoms with van der Waals surface area (Å²) in [6.07, 6.45) is 3.69. The first kappa shape index (κ1) is 20.2. The zero-order valence-corrected chi connectivity index (χ0v) is 17.9. The summed E-state index contributed by atoms with van der Waals surface area (Å²) in [4.78, 5) is 8.72. The molecule has 2 aromatic heterocycles. The maximum absolute atomic E-state index is 11.0. The largest absolute Gasteiger partial charge is 0.505 e. The predicted octanol–water partition coefficient (Wildman–Crippen LogP) is 7.32. The lowest BCUT2D eigenvalue weighted by molar-refractivity contribution is 0.469. The molecule has 0 radical (unpaired) electrons. The highest BCUT2D eigenvalue weighted by molar-refractivity contribution is 6.43. The van der Waals surface area contributed by atoms with Gasteiger partial charge in [0, 0.05) is 46.4 Å². The van der Waals surface area contributed by atoms with E-state index in [0.29, 0.717) is 43.2 Å². The smallest absolute Gasteiger partial charge is 0.145 e. The van der Waals surface area contributed by atoms with E-state index in [1.165, 1.54) is 0 Å². The molecular formula is C22H14Cl4N2O. The number of halogens is 4. The van der Waals surface area contributed by atoms with Crippen LogP contribution in [0, 0.1) is 0 Å². The highest BCUT2D eigenvalue weighted by atomic mass is 35.5.